The number of nitro benzene ring substituents is 1. The van der Waals surface area contributed by atoms with Crippen LogP contribution in [0, 0.1) is 10.1 Å². The van der Waals surface area contributed by atoms with Gasteiger partial charge in [0.15, 0.2) is 6.61 Å². The van der Waals surface area contributed by atoms with Crippen molar-refractivity contribution >= 4 is 29.4 Å². The minimum absolute atomic E-state index is 0.0826. The van der Waals surface area contributed by atoms with Crippen molar-refractivity contribution in [3.05, 3.63) is 106 Å². The van der Waals surface area contributed by atoms with Gasteiger partial charge >= 0.3 is 0 Å². The highest BCUT2D eigenvalue weighted by Gasteiger charge is 2.15. The zero-order valence-corrected chi connectivity index (χ0v) is 18.4. The van der Waals surface area contributed by atoms with Crippen LogP contribution in [0.1, 0.15) is 11.1 Å². The molecule has 0 aliphatic rings. The highest BCUT2D eigenvalue weighted by molar-refractivity contribution is 6.31. The maximum absolute atomic E-state index is 12.8. The molecule has 9 heteroatoms. The lowest BCUT2D eigenvalue weighted by atomic mass is 10.1. The molecule has 174 valence electrons. The number of anilines is 1. The van der Waals surface area contributed by atoms with Gasteiger partial charge in [0.05, 0.1) is 4.92 Å². The Hall–Kier alpha value is -4.53. The normalized spacial score (nSPS) is 10.6. The second kappa shape index (κ2) is 12.5. The molecule has 0 spiro atoms. The Kier molecular flexibility index (Phi) is 8.86. The molecule has 0 aliphatic carbocycles. The molecule has 0 aromatic heterocycles. The molecule has 0 fully saturated rings. The third-order valence-electron chi connectivity index (χ3n) is 4.86. The van der Waals surface area contributed by atoms with Crippen molar-refractivity contribution in [2.45, 2.75) is 13.0 Å². The molecule has 0 bridgehead atoms. The first-order chi connectivity index (χ1) is 16.5. The van der Waals surface area contributed by atoms with Crippen molar-refractivity contribution in [3.8, 4) is 0 Å². The first-order valence-corrected chi connectivity index (χ1v) is 10.6. The number of amides is 2. The lowest BCUT2D eigenvalue weighted by Gasteiger charge is -2.22. The van der Waals surface area contributed by atoms with Crippen molar-refractivity contribution < 1.29 is 19.3 Å². The van der Waals surface area contributed by atoms with E-state index in [1.165, 1.54) is 24.3 Å². The van der Waals surface area contributed by atoms with Crippen LogP contribution in [0.4, 0.5) is 11.4 Å². The average molecular weight is 460 g/mol. The topological polar surface area (TPSA) is 114 Å². The number of nitro groups is 1. The van der Waals surface area contributed by atoms with E-state index < -0.39 is 10.8 Å². The van der Waals surface area contributed by atoms with E-state index in [2.05, 4.69) is 10.5 Å². The van der Waals surface area contributed by atoms with E-state index in [1.807, 2.05) is 60.7 Å². The molecule has 3 aromatic rings. The average Bonchev–Trinajstić information content (AvgIpc) is 2.86. The maximum atomic E-state index is 12.8. The molecule has 0 unspecified atom stereocenters. The molecule has 0 aliphatic heterocycles. The minimum atomic E-state index is -0.591. The highest BCUT2D eigenvalue weighted by Crippen LogP contribution is 2.15. The second-order valence-electron chi connectivity index (χ2n) is 7.34. The quantitative estimate of drug-likeness (QED) is 0.266. The van der Waals surface area contributed by atoms with Gasteiger partial charge in [0, 0.05) is 30.9 Å². The number of carbonyl (C=O) groups excluding carboxylic acids is 2. The Morgan fingerprint density at radius 1 is 0.941 bits per heavy atom. The van der Waals surface area contributed by atoms with E-state index in [-0.39, 0.29) is 18.2 Å². The summed E-state index contributed by atoms with van der Waals surface area (Å²) in [4.78, 5) is 41.6. The monoisotopic (exact) mass is 460 g/mol. The predicted octanol–water partition coefficient (Wildman–Crippen LogP) is 3.81. The zero-order chi connectivity index (χ0) is 24.2. The molecule has 3 rings (SSSR count). The zero-order valence-electron chi connectivity index (χ0n) is 18.4. The van der Waals surface area contributed by atoms with Gasteiger partial charge in [0.2, 0.25) is 0 Å². The minimum Gasteiger partial charge on any atom is -0.386 e. The van der Waals surface area contributed by atoms with Gasteiger partial charge < -0.3 is 15.1 Å². The smallest absolute Gasteiger partial charge is 0.270 e. The fraction of sp³-hybridized carbons (Fsp3) is 0.160. The number of nitrogens with one attached hydrogen (secondary N) is 1. The molecule has 9 nitrogen and oxygen atoms in total. The molecule has 2 amide bonds. The van der Waals surface area contributed by atoms with Gasteiger partial charge in [-0.15, -0.1) is 0 Å². The Balaban J connectivity index is 1.51. The maximum Gasteiger partial charge on any atom is 0.270 e. The third kappa shape index (κ3) is 7.86. The molecular weight excluding hydrogens is 436 g/mol. The number of benzene rings is 3. The van der Waals surface area contributed by atoms with Crippen LogP contribution in [0.5, 0.6) is 0 Å². The molecule has 0 saturated heterocycles. The van der Waals surface area contributed by atoms with Crippen molar-refractivity contribution in [2.24, 2.45) is 5.16 Å². The summed E-state index contributed by atoms with van der Waals surface area (Å²) < 4.78 is 0. The van der Waals surface area contributed by atoms with Gasteiger partial charge in [-0.1, -0.05) is 65.8 Å². The van der Waals surface area contributed by atoms with Crippen molar-refractivity contribution in [3.63, 3.8) is 0 Å². The second-order valence-corrected chi connectivity index (χ2v) is 7.34. The van der Waals surface area contributed by atoms with Crippen LogP contribution in [-0.4, -0.2) is 41.0 Å². The SMILES string of the molecule is O=C(/C=N\OCC(=O)N(CCc1ccccc1)Cc1ccccc1)Nc1ccc([N+](=O)[O-])cc1. The highest BCUT2D eigenvalue weighted by atomic mass is 16.6. The summed E-state index contributed by atoms with van der Waals surface area (Å²) in [5.74, 6) is -0.848. The Morgan fingerprint density at radius 2 is 1.56 bits per heavy atom. The summed E-state index contributed by atoms with van der Waals surface area (Å²) in [7, 11) is 0. The molecular formula is C25H24N4O5. The van der Waals surface area contributed by atoms with Gasteiger partial charge in [-0.25, -0.2) is 0 Å². The lowest BCUT2D eigenvalue weighted by molar-refractivity contribution is -0.384. The van der Waals surface area contributed by atoms with Gasteiger partial charge in [0.1, 0.15) is 6.21 Å². The van der Waals surface area contributed by atoms with Crippen LogP contribution in [0.15, 0.2) is 90.1 Å². The predicted molar refractivity (Wildman–Crippen MR) is 128 cm³/mol. The standard InChI is InChI=1S/C25H24N4O5/c30-24(27-22-11-13-23(14-12-22)29(32)33)17-26-34-19-25(31)28(18-21-9-5-2-6-10-21)16-15-20-7-3-1-4-8-20/h1-14,17H,15-16,18-19H2,(H,27,30)/b26-17-. The Labute approximate surface area is 196 Å². The van der Waals surface area contributed by atoms with E-state index in [0.29, 0.717) is 25.2 Å². The molecule has 34 heavy (non-hydrogen) atoms. The Bertz CT molecular complexity index is 1120. The first kappa shape index (κ1) is 24.1. The molecule has 0 saturated carbocycles. The van der Waals surface area contributed by atoms with Crippen LogP contribution in [-0.2, 0) is 27.4 Å². The van der Waals surface area contributed by atoms with Crippen LogP contribution in [0.25, 0.3) is 0 Å². The first-order valence-electron chi connectivity index (χ1n) is 10.6. The number of rotatable bonds is 11. The molecule has 1 N–H and O–H groups in total. The summed E-state index contributed by atoms with van der Waals surface area (Å²) in [6.07, 6.45) is 1.60. The molecule has 0 atom stereocenters. The van der Waals surface area contributed by atoms with Gasteiger partial charge in [-0.3, -0.25) is 19.7 Å². The van der Waals surface area contributed by atoms with E-state index >= 15 is 0 Å². The molecule has 0 heterocycles. The number of non-ortho nitro benzene ring substituents is 1. The van der Waals surface area contributed by atoms with Crippen molar-refractivity contribution in [2.75, 3.05) is 18.5 Å². The summed E-state index contributed by atoms with van der Waals surface area (Å²) in [5, 5.41) is 16.7. The number of hydrogen-bond donors (Lipinski definition) is 1. The number of oxime groups is 1. The van der Waals surface area contributed by atoms with Gasteiger partial charge in [-0.2, -0.15) is 0 Å². The lowest BCUT2D eigenvalue weighted by Crippen LogP contribution is -2.35. The summed E-state index contributed by atoms with van der Waals surface area (Å²) in [5.41, 5.74) is 2.40. The Morgan fingerprint density at radius 3 is 2.18 bits per heavy atom. The number of carbonyl (C=O) groups is 2. The van der Waals surface area contributed by atoms with E-state index in [4.69, 9.17) is 4.84 Å². The number of nitrogens with zero attached hydrogens (tertiary/aromatic N) is 3. The summed E-state index contributed by atoms with van der Waals surface area (Å²) >= 11 is 0. The fourth-order valence-electron chi connectivity index (χ4n) is 3.11. The summed E-state index contributed by atoms with van der Waals surface area (Å²) in [6.45, 7) is 0.620. The molecule has 0 radical (unpaired) electrons. The van der Waals surface area contributed by atoms with Crippen molar-refractivity contribution in [1.82, 2.24) is 4.90 Å². The van der Waals surface area contributed by atoms with Crippen molar-refractivity contribution in [1.29, 1.82) is 0 Å². The van der Waals surface area contributed by atoms with E-state index in [9.17, 15) is 19.7 Å². The van der Waals surface area contributed by atoms with Gasteiger partial charge in [0.25, 0.3) is 17.5 Å². The third-order valence-corrected chi connectivity index (χ3v) is 4.86. The van der Waals surface area contributed by atoms with Crippen LogP contribution < -0.4 is 5.32 Å². The van der Waals surface area contributed by atoms with E-state index in [0.717, 1.165) is 17.3 Å². The summed E-state index contributed by atoms with van der Waals surface area (Å²) in [6, 6.07) is 24.9. The largest absolute Gasteiger partial charge is 0.386 e. The van der Waals surface area contributed by atoms with Crippen LogP contribution in [0.2, 0.25) is 0 Å². The number of hydrogen-bond acceptors (Lipinski definition) is 6. The van der Waals surface area contributed by atoms with E-state index in [1.54, 1.807) is 4.90 Å². The fourth-order valence-corrected chi connectivity index (χ4v) is 3.11. The van der Waals surface area contributed by atoms with Gasteiger partial charge in [-0.05, 0) is 29.7 Å². The molecule has 3 aromatic carbocycles. The van der Waals surface area contributed by atoms with Crippen LogP contribution >= 0.6 is 0 Å². The van der Waals surface area contributed by atoms with Crippen LogP contribution in [0.3, 0.4) is 0 Å².